The molecule has 3 N–H and O–H groups in total. The van der Waals surface area contributed by atoms with Crippen LogP contribution < -0.4 is 10.5 Å². The Morgan fingerprint density at radius 3 is 2.52 bits per heavy atom. The van der Waals surface area contributed by atoms with Crippen molar-refractivity contribution in [1.82, 2.24) is 0 Å². The predicted octanol–water partition coefficient (Wildman–Crippen LogP) is 3.48. The molecule has 0 radical (unpaired) electrons. The number of hydrogen-bond acceptors (Lipinski definition) is 3. The van der Waals surface area contributed by atoms with Crippen molar-refractivity contribution in [2.45, 2.75) is 12.3 Å². The third kappa shape index (κ3) is 3.65. The zero-order chi connectivity index (χ0) is 15.4. The summed E-state index contributed by atoms with van der Waals surface area (Å²) in [6.07, 6.45) is 0.624. The SMILES string of the molecule is COc1cc(CC(CN)c2ccc(F)cc2)cc(Cl)c1O. The number of benzene rings is 2. The van der Waals surface area contributed by atoms with E-state index >= 15 is 0 Å². The highest BCUT2D eigenvalue weighted by Gasteiger charge is 2.14. The van der Waals surface area contributed by atoms with Gasteiger partial charge in [0.05, 0.1) is 12.1 Å². The Morgan fingerprint density at radius 2 is 1.95 bits per heavy atom. The first-order valence-electron chi connectivity index (χ1n) is 6.56. The largest absolute Gasteiger partial charge is 0.503 e. The van der Waals surface area contributed by atoms with Gasteiger partial charge in [0.2, 0.25) is 0 Å². The molecule has 2 aromatic carbocycles. The van der Waals surface area contributed by atoms with Gasteiger partial charge in [-0.15, -0.1) is 0 Å². The van der Waals surface area contributed by atoms with Crippen LogP contribution in [0.3, 0.4) is 0 Å². The number of hydrogen-bond donors (Lipinski definition) is 2. The molecule has 2 rings (SSSR count). The molecular weight excluding hydrogens is 293 g/mol. The minimum Gasteiger partial charge on any atom is -0.503 e. The number of halogens is 2. The number of phenols is 1. The highest BCUT2D eigenvalue weighted by molar-refractivity contribution is 6.32. The summed E-state index contributed by atoms with van der Waals surface area (Å²) in [5, 5.41) is 9.97. The molecule has 0 amide bonds. The van der Waals surface area contributed by atoms with Gasteiger partial charge >= 0.3 is 0 Å². The van der Waals surface area contributed by atoms with Crippen LogP contribution in [0.5, 0.6) is 11.5 Å². The van der Waals surface area contributed by atoms with Crippen LogP contribution in [0.4, 0.5) is 4.39 Å². The van der Waals surface area contributed by atoms with Crippen molar-refractivity contribution in [1.29, 1.82) is 0 Å². The number of ether oxygens (including phenoxy) is 1. The first kappa shape index (κ1) is 15.6. The Kier molecular flexibility index (Phi) is 5.04. The Balaban J connectivity index is 2.26. The third-order valence-electron chi connectivity index (χ3n) is 3.42. The molecule has 0 heterocycles. The molecule has 1 unspecified atom stereocenters. The normalized spacial score (nSPS) is 12.2. The molecule has 3 nitrogen and oxygen atoms in total. The van der Waals surface area contributed by atoms with Gasteiger partial charge in [-0.3, -0.25) is 0 Å². The summed E-state index contributed by atoms with van der Waals surface area (Å²) in [7, 11) is 1.47. The lowest BCUT2D eigenvalue weighted by molar-refractivity contribution is 0.373. The summed E-state index contributed by atoms with van der Waals surface area (Å²) in [5.41, 5.74) is 7.68. The molecule has 0 aliphatic heterocycles. The molecule has 0 saturated heterocycles. The van der Waals surface area contributed by atoms with Crippen LogP contribution in [0.15, 0.2) is 36.4 Å². The first-order chi connectivity index (χ1) is 10.0. The zero-order valence-electron chi connectivity index (χ0n) is 11.6. The van der Waals surface area contributed by atoms with E-state index in [1.54, 1.807) is 24.3 Å². The maximum atomic E-state index is 13.0. The lowest BCUT2D eigenvalue weighted by Gasteiger charge is -2.16. The highest BCUT2D eigenvalue weighted by Crippen LogP contribution is 2.36. The first-order valence-corrected chi connectivity index (χ1v) is 6.93. The van der Waals surface area contributed by atoms with Crippen molar-refractivity contribution in [3.05, 3.63) is 58.4 Å². The monoisotopic (exact) mass is 309 g/mol. The summed E-state index contributed by atoms with van der Waals surface area (Å²) in [4.78, 5) is 0. The molecule has 112 valence electrons. The van der Waals surface area contributed by atoms with E-state index in [0.29, 0.717) is 18.7 Å². The van der Waals surface area contributed by atoms with Crippen molar-refractivity contribution in [3.8, 4) is 11.5 Å². The molecular formula is C16H17ClFNO2. The van der Waals surface area contributed by atoms with Crippen LogP contribution >= 0.6 is 11.6 Å². The molecule has 5 heteroatoms. The second-order valence-corrected chi connectivity index (χ2v) is 5.22. The van der Waals surface area contributed by atoms with Crippen molar-refractivity contribution < 1.29 is 14.2 Å². The molecule has 21 heavy (non-hydrogen) atoms. The molecule has 2 aromatic rings. The minimum atomic E-state index is -0.274. The van der Waals surface area contributed by atoms with E-state index in [1.165, 1.54) is 19.2 Å². The summed E-state index contributed by atoms with van der Waals surface area (Å²) < 4.78 is 18.1. The van der Waals surface area contributed by atoms with Gasteiger partial charge in [-0.05, 0) is 48.4 Å². The van der Waals surface area contributed by atoms with Crippen molar-refractivity contribution in [3.63, 3.8) is 0 Å². The average molecular weight is 310 g/mol. The Hall–Kier alpha value is -1.78. The molecule has 0 bridgehead atoms. The molecule has 0 aliphatic carbocycles. The van der Waals surface area contributed by atoms with Crippen molar-refractivity contribution >= 4 is 11.6 Å². The third-order valence-corrected chi connectivity index (χ3v) is 3.70. The summed E-state index contributed by atoms with van der Waals surface area (Å²) in [6, 6.07) is 9.71. The van der Waals surface area contributed by atoms with Crippen LogP contribution in [0, 0.1) is 5.82 Å². The van der Waals surface area contributed by atoms with Gasteiger partial charge in [-0.25, -0.2) is 4.39 Å². The van der Waals surface area contributed by atoms with Gasteiger partial charge in [0.15, 0.2) is 11.5 Å². The van der Waals surface area contributed by atoms with E-state index in [2.05, 4.69) is 0 Å². The molecule has 0 aliphatic rings. The van der Waals surface area contributed by atoms with Gasteiger partial charge in [-0.1, -0.05) is 23.7 Å². The van der Waals surface area contributed by atoms with E-state index in [4.69, 9.17) is 22.1 Å². The van der Waals surface area contributed by atoms with Crippen molar-refractivity contribution in [2.24, 2.45) is 5.73 Å². The number of rotatable bonds is 5. The molecule has 0 aromatic heterocycles. The summed E-state index contributed by atoms with van der Waals surface area (Å²) in [5.74, 6) is 0.0150. The molecule has 0 fully saturated rings. The van der Waals surface area contributed by atoms with E-state index in [0.717, 1.165) is 11.1 Å². The second-order valence-electron chi connectivity index (χ2n) is 4.82. The van der Waals surface area contributed by atoms with E-state index < -0.39 is 0 Å². The number of nitrogens with two attached hydrogens (primary N) is 1. The van der Waals surface area contributed by atoms with E-state index in [1.807, 2.05) is 0 Å². The molecule has 1 atom stereocenters. The summed E-state index contributed by atoms with van der Waals surface area (Å²) >= 11 is 5.98. The van der Waals surface area contributed by atoms with Crippen LogP contribution in [-0.2, 0) is 6.42 Å². The summed E-state index contributed by atoms with van der Waals surface area (Å²) in [6.45, 7) is 0.423. The van der Waals surface area contributed by atoms with E-state index in [-0.39, 0.29) is 22.5 Å². The van der Waals surface area contributed by atoms with Crippen LogP contribution in [0.25, 0.3) is 0 Å². The lowest BCUT2D eigenvalue weighted by atomic mass is 9.92. The van der Waals surface area contributed by atoms with Gasteiger partial charge in [-0.2, -0.15) is 0 Å². The maximum Gasteiger partial charge on any atom is 0.176 e. The quantitative estimate of drug-likeness (QED) is 0.889. The predicted molar refractivity (Wildman–Crippen MR) is 81.6 cm³/mol. The zero-order valence-corrected chi connectivity index (χ0v) is 12.4. The topological polar surface area (TPSA) is 55.5 Å². The number of aromatic hydroxyl groups is 1. The standard InChI is InChI=1S/C16H17ClFNO2/c1-21-15-8-10(7-14(17)16(15)20)6-12(9-19)11-2-4-13(18)5-3-11/h2-5,7-8,12,20H,6,9,19H2,1H3. The number of phenolic OH excluding ortho intramolecular Hbond substituents is 1. The fourth-order valence-corrected chi connectivity index (χ4v) is 2.49. The fraction of sp³-hybridized carbons (Fsp3) is 0.250. The van der Waals surface area contributed by atoms with Crippen LogP contribution in [0.1, 0.15) is 17.0 Å². The van der Waals surface area contributed by atoms with Crippen molar-refractivity contribution in [2.75, 3.05) is 13.7 Å². The molecule has 0 spiro atoms. The lowest BCUT2D eigenvalue weighted by Crippen LogP contribution is -2.15. The average Bonchev–Trinajstić information content (AvgIpc) is 2.49. The number of methoxy groups -OCH3 is 1. The Morgan fingerprint density at radius 1 is 1.29 bits per heavy atom. The molecule has 0 saturated carbocycles. The van der Waals surface area contributed by atoms with Gasteiger partial charge < -0.3 is 15.6 Å². The van der Waals surface area contributed by atoms with Crippen LogP contribution in [0.2, 0.25) is 5.02 Å². The van der Waals surface area contributed by atoms with Gasteiger partial charge in [0.25, 0.3) is 0 Å². The second kappa shape index (κ2) is 6.78. The van der Waals surface area contributed by atoms with Gasteiger partial charge in [0.1, 0.15) is 5.82 Å². The van der Waals surface area contributed by atoms with Crippen LogP contribution in [-0.4, -0.2) is 18.8 Å². The minimum absolute atomic E-state index is 0.0379. The Bertz CT molecular complexity index is 616. The fourth-order valence-electron chi connectivity index (χ4n) is 2.26. The smallest absolute Gasteiger partial charge is 0.176 e. The Labute approximate surface area is 128 Å². The van der Waals surface area contributed by atoms with E-state index in [9.17, 15) is 9.50 Å². The highest BCUT2D eigenvalue weighted by atomic mass is 35.5. The maximum absolute atomic E-state index is 13.0. The van der Waals surface area contributed by atoms with Gasteiger partial charge in [0, 0.05) is 5.92 Å².